The van der Waals surface area contributed by atoms with Gasteiger partial charge in [-0.2, -0.15) is 0 Å². The quantitative estimate of drug-likeness (QED) is 0.341. The van der Waals surface area contributed by atoms with E-state index in [0.717, 1.165) is 17.0 Å². The van der Waals surface area contributed by atoms with Crippen LogP contribution in [-0.4, -0.2) is 38.0 Å². The van der Waals surface area contributed by atoms with Gasteiger partial charge in [0.25, 0.3) is 0 Å². The Morgan fingerprint density at radius 3 is 2.36 bits per heavy atom. The van der Waals surface area contributed by atoms with E-state index in [4.69, 9.17) is 18.9 Å². The molecule has 1 aliphatic heterocycles. The first kappa shape index (κ1) is 28.0. The van der Waals surface area contributed by atoms with Gasteiger partial charge in [-0.25, -0.2) is 4.79 Å². The van der Waals surface area contributed by atoms with Crippen molar-refractivity contribution in [1.29, 1.82) is 0 Å². The molecule has 8 nitrogen and oxygen atoms in total. The zero-order valence-corrected chi connectivity index (χ0v) is 23.1. The van der Waals surface area contributed by atoms with Crippen LogP contribution in [0.3, 0.4) is 0 Å². The molecule has 0 spiro atoms. The van der Waals surface area contributed by atoms with Gasteiger partial charge in [0.05, 0.1) is 25.9 Å². The van der Waals surface area contributed by atoms with E-state index in [1.54, 1.807) is 25.3 Å². The highest BCUT2D eigenvalue weighted by Gasteiger charge is 2.41. The number of dihydropyridines is 1. The van der Waals surface area contributed by atoms with Gasteiger partial charge in [0.15, 0.2) is 17.3 Å². The smallest absolute Gasteiger partial charge is 0.336 e. The highest BCUT2D eigenvalue weighted by Crippen LogP contribution is 2.47. The van der Waals surface area contributed by atoms with Crippen LogP contribution in [-0.2, 0) is 19.1 Å². The van der Waals surface area contributed by atoms with Gasteiger partial charge in [-0.15, -0.1) is 0 Å². The van der Waals surface area contributed by atoms with Gasteiger partial charge in [-0.1, -0.05) is 25.1 Å². The third kappa shape index (κ3) is 6.00. The summed E-state index contributed by atoms with van der Waals surface area (Å²) in [5, 5.41) is 3.37. The summed E-state index contributed by atoms with van der Waals surface area (Å²) in [7, 11) is 1.62. The Hall–Kier alpha value is -4.07. The number of rotatable bonds is 9. The number of Topliss-reactive ketones (excluding diaryl/α,β-unsaturated/α-hetero) is 1. The second-order valence-corrected chi connectivity index (χ2v) is 9.66. The molecule has 1 N–H and O–H groups in total. The third-order valence-electron chi connectivity index (χ3n) is 6.93. The van der Waals surface area contributed by atoms with E-state index in [1.165, 1.54) is 6.92 Å². The van der Waals surface area contributed by atoms with Crippen LogP contribution in [0.1, 0.15) is 69.9 Å². The molecule has 0 radical (unpaired) electrons. The summed E-state index contributed by atoms with van der Waals surface area (Å²) in [5.74, 6) is -0.237. The van der Waals surface area contributed by atoms with Gasteiger partial charge in [0, 0.05) is 36.2 Å². The van der Waals surface area contributed by atoms with Crippen molar-refractivity contribution < 1.29 is 33.3 Å². The maximum absolute atomic E-state index is 13.8. The average Bonchev–Trinajstić information content (AvgIpc) is 2.91. The molecule has 0 fully saturated rings. The van der Waals surface area contributed by atoms with Crippen molar-refractivity contribution in [2.24, 2.45) is 0 Å². The van der Waals surface area contributed by atoms with Crippen molar-refractivity contribution in [1.82, 2.24) is 5.32 Å². The molecule has 2 aliphatic rings. The van der Waals surface area contributed by atoms with Crippen LogP contribution in [0.5, 0.6) is 17.2 Å². The Bertz CT molecular complexity index is 1320. The number of hydrogen-bond donors (Lipinski definition) is 1. The molecule has 8 heteroatoms. The standard InChI is InChI=1S/C31H35NO7/c1-6-14-38-31(35)28-18(3)32-24-15-22(20-8-11-23(36-5)12-9-20)16-25(34)30(24)29(28)21-10-13-26(39-19(4)33)27(17-21)37-7-2/h8-13,17,22,29,32H,6-7,14-16H2,1-5H3/t22-,29+/m1/s1. The van der Waals surface area contributed by atoms with Gasteiger partial charge in [-0.05, 0) is 68.0 Å². The molecular formula is C31H35NO7. The van der Waals surface area contributed by atoms with E-state index in [0.29, 0.717) is 54.0 Å². The monoisotopic (exact) mass is 533 g/mol. The Labute approximate surface area is 229 Å². The van der Waals surface area contributed by atoms with E-state index in [2.05, 4.69) is 5.32 Å². The molecule has 4 rings (SSSR count). The molecule has 206 valence electrons. The fourth-order valence-corrected chi connectivity index (χ4v) is 5.24. The van der Waals surface area contributed by atoms with Gasteiger partial charge in [0.1, 0.15) is 5.75 Å². The van der Waals surface area contributed by atoms with Crippen LogP contribution in [0.15, 0.2) is 65.0 Å². The van der Waals surface area contributed by atoms with Crippen LogP contribution in [0, 0.1) is 0 Å². The van der Waals surface area contributed by atoms with Crippen LogP contribution in [0.4, 0.5) is 0 Å². The largest absolute Gasteiger partial charge is 0.497 e. The predicted molar refractivity (Wildman–Crippen MR) is 146 cm³/mol. The lowest BCUT2D eigenvalue weighted by Gasteiger charge is -2.37. The summed E-state index contributed by atoms with van der Waals surface area (Å²) >= 11 is 0. The summed E-state index contributed by atoms with van der Waals surface area (Å²) in [6.45, 7) is 7.53. The van der Waals surface area contributed by atoms with Crippen molar-refractivity contribution in [3.8, 4) is 17.2 Å². The Kier molecular flexibility index (Phi) is 8.74. The van der Waals surface area contributed by atoms with E-state index in [1.807, 2.05) is 45.0 Å². The molecule has 2 aromatic rings. The Balaban J connectivity index is 1.80. The van der Waals surface area contributed by atoms with E-state index in [9.17, 15) is 14.4 Å². The van der Waals surface area contributed by atoms with Gasteiger partial charge in [-0.3, -0.25) is 9.59 Å². The number of ether oxygens (including phenoxy) is 4. The predicted octanol–water partition coefficient (Wildman–Crippen LogP) is 5.33. The van der Waals surface area contributed by atoms with Gasteiger partial charge >= 0.3 is 11.9 Å². The van der Waals surface area contributed by atoms with Gasteiger partial charge < -0.3 is 24.3 Å². The number of allylic oxidation sites excluding steroid dienone is 3. The van der Waals surface area contributed by atoms with Crippen LogP contribution in [0.25, 0.3) is 0 Å². The molecule has 1 heterocycles. The normalized spacial score (nSPS) is 18.7. The molecule has 0 bridgehead atoms. The molecule has 2 aromatic carbocycles. The molecule has 1 aliphatic carbocycles. The molecular weight excluding hydrogens is 498 g/mol. The average molecular weight is 534 g/mol. The first-order valence-electron chi connectivity index (χ1n) is 13.3. The molecule has 0 unspecified atom stereocenters. The van der Waals surface area contributed by atoms with E-state index in [-0.39, 0.29) is 24.1 Å². The number of ketones is 1. The van der Waals surface area contributed by atoms with Crippen molar-refractivity contribution in [2.45, 2.75) is 58.8 Å². The van der Waals surface area contributed by atoms with Crippen LogP contribution < -0.4 is 19.5 Å². The van der Waals surface area contributed by atoms with E-state index >= 15 is 0 Å². The second kappa shape index (κ2) is 12.2. The Morgan fingerprint density at radius 2 is 1.72 bits per heavy atom. The molecule has 0 amide bonds. The molecule has 0 saturated carbocycles. The second-order valence-electron chi connectivity index (χ2n) is 9.66. The number of nitrogens with one attached hydrogen (secondary N) is 1. The minimum atomic E-state index is -0.652. The SMILES string of the molecule is CCCOC(=O)C1=C(C)NC2=C(C(=O)C[C@H](c3ccc(OC)cc3)C2)[C@H]1c1ccc(OC(C)=O)c(OCC)c1. The number of carbonyl (C=O) groups is 3. The Morgan fingerprint density at radius 1 is 1.00 bits per heavy atom. The van der Waals surface area contributed by atoms with Gasteiger partial charge in [0.2, 0.25) is 0 Å². The first-order chi connectivity index (χ1) is 18.8. The minimum absolute atomic E-state index is 0.0120. The molecule has 0 aromatic heterocycles. The summed E-state index contributed by atoms with van der Waals surface area (Å²) in [4.78, 5) is 38.8. The fourth-order valence-electron chi connectivity index (χ4n) is 5.24. The highest BCUT2D eigenvalue weighted by molar-refractivity contribution is 6.04. The maximum atomic E-state index is 13.8. The van der Waals surface area contributed by atoms with Crippen LogP contribution >= 0.6 is 0 Å². The summed E-state index contributed by atoms with van der Waals surface area (Å²) in [6, 6.07) is 12.9. The number of esters is 2. The van der Waals surface area contributed by atoms with Crippen LogP contribution in [0.2, 0.25) is 0 Å². The lowest BCUT2D eigenvalue weighted by atomic mass is 9.71. The lowest BCUT2D eigenvalue weighted by molar-refractivity contribution is -0.139. The lowest BCUT2D eigenvalue weighted by Crippen LogP contribution is -2.36. The third-order valence-corrected chi connectivity index (χ3v) is 6.93. The van der Waals surface area contributed by atoms with Crippen molar-refractivity contribution >= 4 is 17.7 Å². The molecule has 2 atom stereocenters. The number of methoxy groups -OCH3 is 1. The minimum Gasteiger partial charge on any atom is -0.497 e. The summed E-state index contributed by atoms with van der Waals surface area (Å²) < 4.78 is 21.9. The fraction of sp³-hybridized carbons (Fsp3) is 0.387. The first-order valence-corrected chi connectivity index (χ1v) is 13.3. The zero-order valence-electron chi connectivity index (χ0n) is 23.1. The molecule has 39 heavy (non-hydrogen) atoms. The highest BCUT2D eigenvalue weighted by atomic mass is 16.6. The maximum Gasteiger partial charge on any atom is 0.336 e. The summed E-state index contributed by atoms with van der Waals surface area (Å²) in [5.41, 5.74) is 4.11. The van der Waals surface area contributed by atoms with Crippen molar-refractivity contribution in [3.63, 3.8) is 0 Å². The molecule has 0 saturated heterocycles. The number of benzene rings is 2. The number of hydrogen-bond acceptors (Lipinski definition) is 8. The summed E-state index contributed by atoms with van der Waals surface area (Å²) in [6.07, 6.45) is 1.60. The van der Waals surface area contributed by atoms with Crippen molar-refractivity contribution in [2.75, 3.05) is 20.3 Å². The topological polar surface area (TPSA) is 100 Å². The van der Waals surface area contributed by atoms with E-state index < -0.39 is 17.9 Å². The van der Waals surface area contributed by atoms with Crippen molar-refractivity contribution in [3.05, 3.63) is 76.1 Å². The number of carbonyl (C=O) groups excluding carboxylic acids is 3. The zero-order chi connectivity index (χ0) is 28.1.